The van der Waals surface area contributed by atoms with Crippen LogP contribution in [0.15, 0.2) is 72.4 Å². The predicted molar refractivity (Wildman–Crippen MR) is 342 cm³/mol. The lowest BCUT2D eigenvalue weighted by Crippen LogP contribution is -2.54. The molecule has 516 valence electrons. The number of aliphatic hydroxyl groups is 3. The number of carbonyl (C=O) groups is 10. The van der Waals surface area contributed by atoms with Gasteiger partial charge in [0.1, 0.15) is 29.5 Å². The van der Waals surface area contributed by atoms with Crippen LogP contribution in [0.5, 0.6) is 5.75 Å². The molecule has 9 N–H and O–H groups in total. The Morgan fingerprint density at radius 3 is 2.24 bits per heavy atom. The van der Waals surface area contributed by atoms with E-state index in [9.17, 15) is 63.3 Å². The predicted octanol–water partition coefficient (Wildman–Crippen LogP) is 4.53. The van der Waals surface area contributed by atoms with Gasteiger partial charge in [0.2, 0.25) is 17.7 Å². The van der Waals surface area contributed by atoms with E-state index in [-0.39, 0.29) is 119 Å². The molecule has 93 heavy (non-hydrogen) atoms. The second kappa shape index (κ2) is 36.1. The number of ether oxygens (including phenoxy) is 5. The average Bonchev–Trinajstić information content (AvgIpc) is 1.73. The van der Waals surface area contributed by atoms with Gasteiger partial charge in [-0.2, -0.15) is 0 Å². The van der Waals surface area contributed by atoms with Gasteiger partial charge in [-0.05, 0) is 108 Å². The number of unbranched alkanes of at least 4 members (excludes halogenated alkanes) is 2. The number of urea groups is 1. The number of hydrogen-bond donors (Lipinski definition) is 8. The summed E-state index contributed by atoms with van der Waals surface area (Å²) < 4.78 is 29.4. The smallest absolute Gasteiger partial charge is 0.415 e. The number of anilines is 1. The minimum absolute atomic E-state index is 0.000947. The Labute approximate surface area is 545 Å². The molecule has 5 rings (SSSR count). The molecular weight excluding hydrogens is 1210 g/mol. The van der Waals surface area contributed by atoms with Gasteiger partial charge in [0.15, 0.2) is 6.10 Å². The van der Waals surface area contributed by atoms with Gasteiger partial charge in [-0.1, -0.05) is 65.3 Å². The zero-order chi connectivity index (χ0) is 68.7. The lowest BCUT2D eigenvalue weighted by molar-refractivity contribution is -0.168. The zero-order valence-electron chi connectivity index (χ0n) is 55.5. The highest BCUT2D eigenvalue weighted by Gasteiger charge is 2.47. The van der Waals surface area contributed by atoms with Crippen molar-refractivity contribution in [1.82, 2.24) is 35.6 Å². The first-order valence-corrected chi connectivity index (χ1v) is 32.2. The van der Waals surface area contributed by atoms with Crippen LogP contribution in [0.3, 0.4) is 0 Å². The van der Waals surface area contributed by atoms with E-state index in [1.54, 1.807) is 72.0 Å². The van der Waals surface area contributed by atoms with Crippen LogP contribution in [0, 0.1) is 17.8 Å². The van der Waals surface area contributed by atoms with Crippen molar-refractivity contribution in [3.05, 3.63) is 72.4 Å². The summed E-state index contributed by atoms with van der Waals surface area (Å²) >= 11 is 0. The molecule has 0 radical (unpaired) electrons. The molecule has 1 unspecified atom stereocenters. The van der Waals surface area contributed by atoms with E-state index in [1.807, 2.05) is 20.8 Å². The number of cyclic esters (lactones) is 1. The third-order valence-corrected chi connectivity index (χ3v) is 17.0. The van der Waals surface area contributed by atoms with E-state index in [2.05, 4.69) is 26.2 Å². The molecule has 4 heterocycles. The topological polar surface area (TPSA) is 368 Å². The molecule has 1 aromatic carbocycles. The molecule has 0 aromatic heterocycles. The summed E-state index contributed by atoms with van der Waals surface area (Å²) in [5.74, 6) is -4.41. The summed E-state index contributed by atoms with van der Waals surface area (Å²) in [6, 6.07) is 3.14. The molecule has 2 fully saturated rings. The Balaban J connectivity index is 1.12. The van der Waals surface area contributed by atoms with Crippen molar-refractivity contribution in [2.75, 3.05) is 64.7 Å². The van der Waals surface area contributed by atoms with Gasteiger partial charge in [0, 0.05) is 109 Å². The number of carbonyl (C=O) groups excluding carboxylic acids is 10. The Bertz CT molecular complexity index is 2850. The van der Waals surface area contributed by atoms with Crippen molar-refractivity contribution in [1.29, 1.82) is 0 Å². The van der Waals surface area contributed by atoms with Crippen molar-refractivity contribution >= 4 is 65.4 Å². The number of benzene rings is 1. The Morgan fingerprint density at radius 1 is 0.925 bits per heavy atom. The first-order chi connectivity index (χ1) is 43.9. The highest BCUT2D eigenvalue weighted by molar-refractivity contribution is 6.12. The standard InChI is InChI=1S/C66H99N9O18/c1-11-50(78)44(6)59-51(90-59)40-65(8,88)29-15-17-42(4)58-43(5)20-25-52(66(9,93-45(7)76)30-28-47(77)39-56(82)92-58)91-64(87)74-37-35-73(36-38-74)34-33-72(10)63(86)89-48-23-21-46(22-24-48)69-60(83)49(18-16-31-68-62(67)85)70-61(84)57(41(2)3)71-53(79)19-13-12-14-32-75-54(80)26-27-55(75)81/h15,17,20-27,29,41,43-44,47,49-52,57-59,77-78,88H,11-14,16,18-19,28,30-40H2,1-10H3,(H,69,83)(H,70,84)(H,71,79)(H3,67,68,85)/b25-20+,29-15+,42-17+/t43-,44+,47+,49-,50-,51+,52-,57-,58+,59+,65?,66+/m0/s1. The number of allylic oxidation sites excluding steroid dienone is 2. The number of nitrogens with two attached hydrogens (primary N) is 1. The van der Waals surface area contributed by atoms with E-state index in [4.69, 9.17) is 29.4 Å². The van der Waals surface area contributed by atoms with E-state index >= 15 is 0 Å². The number of esters is 2. The van der Waals surface area contributed by atoms with E-state index in [1.165, 1.54) is 53.1 Å². The Kier molecular flexibility index (Phi) is 29.5. The molecule has 4 aliphatic rings. The number of epoxide rings is 1. The number of amides is 9. The van der Waals surface area contributed by atoms with Gasteiger partial charge in [-0.3, -0.25) is 43.4 Å². The minimum atomic E-state index is -1.46. The first kappa shape index (κ1) is 76.0. The van der Waals surface area contributed by atoms with Crippen LogP contribution in [0.4, 0.5) is 20.1 Å². The largest absolute Gasteiger partial charge is 0.457 e. The van der Waals surface area contributed by atoms with Gasteiger partial charge in [-0.25, -0.2) is 14.4 Å². The van der Waals surface area contributed by atoms with Crippen LogP contribution in [0.2, 0.25) is 0 Å². The van der Waals surface area contributed by atoms with Gasteiger partial charge >= 0.3 is 30.2 Å². The molecule has 0 aliphatic carbocycles. The van der Waals surface area contributed by atoms with Crippen LogP contribution in [0.1, 0.15) is 133 Å². The number of primary amides is 1. The van der Waals surface area contributed by atoms with Crippen LogP contribution in [0.25, 0.3) is 0 Å². The van der Waals surface area contributed by atoms with Crippen LogP contribution < -0.4 is 31.7 Å². The normalized spacial score (nSPS) is 24.5. The fraction of sp³-hybridized carbons (Fsp3) is 0.636. The van der Waals surface area contributed by atoms with Crippen molar-refractivity contribution in [3.8, 4) is 5.75 Å². The number of likely N-dealkylation sites (N-methyl/N-ethyl adjacent to an activating group) is 1. The minimum Gasteiger partial charge on any atom is -0.457 e. The molecule has 0 bridgehead atoms. The fourth-order valence-electron chi connectivity index (χ4n) is 11.2. The summed E-state index contributed by atoms with van der Waals surface area (Å²) in [7, 11) is 1.58. The first-order valence-electron chi connectivity index (χ1n) is 32.2. The Morgan fingerprint density at radius 2 is 1.60 bits per heavy atom. The third-order valence-electron chi connectivity index (χ3n) is 17.0. The molecule has 0 saturated carbocycles. The summed E-state index contributed by atoms with van der Waals surface area (Å²) in [6.07, 6.45) is 7.98. The van der Waals surface area contributed by atoms with E-state index < -0.39 is 95.6 Å². The van der Waals surface area contributed by atoms with Gasteiger partial charge in [0.05, 0.1) is 36.4 Å². The van der Waals surface area contributed by atoms with Crippen molar-refractivity contribution in [3.63, 3.8) is 0 Å². The number of piperazine rings is 1. The maximum atomic E-state index is 14.0. The molecule has 27 nitrogen and oxygen atoms in total. The number of hydrogen-bond acceptors (Lipinski definition) is 19. The SMILES string of the molecule is CC[C@H](O)[C@@H](C)[C@H]1O[C@@H]1CC(C)(O)/C=C/C=C(\C)[C@H]1OC(=O)C[C@H](O)CC[C@@](C)(OC(C)=O)[C@@H](OC(=O)N2CCN(CCN(C)C(=O)Oc3ccc(NC(=O)[C@H](CCCNC(N)=O)NC(=O)[C@@H](NC(=O)CCCCCN4C(=O)C=CC4=O)C(C)C)cc3)CC2)/C=C/[C@@H]1C. The quantitative estimate of drug-likeness (QED) is 0.00997. The van der Waals surface area contributed by atoms with Crippen molar-refractivity contribution in [2.24, 2.45) is 23.5 Å². The van der Waals surface area contributed by atoms with Gasteiger partial charge in [-0.15, -0.1) is 0 Å². The summed E-state index contributed by atoms with van der Waals surface area (Å²) in [5, 5.41) is 43.2. The summed E-state index contributed by atoms with van der Waals surface area (Å²) in [4.78, 5) is 135. The van der Waals surface area contributed by atoms with E-state index in [0.717, 1.165) is 4.90 Å². The molecule has 2 saturated heterocycles. The Hall–Kier alpha value is -7.72. The van der Waals surface area contributed by atoms with Gasteiger partial charge < -0.3 is 75.8 Å². The lowest BCUT2D eigenvalue weighted by atomic mass is 9.88. The molecule has 0 spiro atoms. The summed E-state index contributed by atoms with van der Waals surface area (Å²) in [5.41, 5.74) is 3.45. The number of nitrogens with one attached hydrogen (secondary N) is 4. The maximum Gasteiger partial charge on any atom is 0.415 e. The summed E-state index contributed by atoms with van der Waals surface area (Å²) in [6.45, 7) is 17.8. The maximum absolute atomic E-state index is 14.0. The molecule has 9 amide bonds. The molecular formula is C66H99N9O18. The number of imide groups is 1. The van der Waals surface area contributed by atoms with Crippen LogP contribution >= 0.6 is 0 Å². The number of rotatable bonds is 30. The molecule has 27 heteroatoms. The van der Waals surface area contributed by atoms with Crippen LogP contribution in [-0.4, -0.2) is 214 Å². The molecule has 4 aliphatic heterocycles. The fourth-order valence-corrected chi connectivity index (χ4v) is 11.2. The zero-order valence-corrected chi connectivity index (χ0v) is 55.5. The lowest BCUT2D eigenvalue weighted by Gasteiger charge is -2.39. The second-order valence-corrected chi connectivity index (χ2v) is 25.5. The second-order valence-electron chi connectivity index (χ2n) is 25.5. The number of nitrogens with zero attached hydrogens (tertiary/aromatic N) is 4. The average molecular weight is 1310 g/mol. The molecule has 1 aromatic rings. The highest BCUT2D eigenvalue weighted by Crippen LogP contribution is 2.38. The van der Waals surface area contributed by atoms with Crippen molar-refractivity contribution < 1.29 is 86.9 Å². The van der Waals surface area contributed by atoms with Gasteiger partial charge in [0.25, 0.3) is 11.8 Å². The monoisotopic (exact) mass is 1310 g/mol. The van der Waals surface area contributed by atoms with Crippen LogP contribution in [-0.2, 0) is 52.5 Å². The highest BCUT2D eigenvalue weighted by atomic mass is 16.6. The third kappa shape index (κ3) is 24.9. The molecule has 12 atom stereocenters. The van der Waals surface area contributed by atoms with E-state index in [0.29, 0.717) is 63.0 Å². The van der Waals surface area contributed by atoms with Crippen molar-refractivity contribution in [2.45, 2.75) is 193 Å². The number of aliphatic hydroxyl groups excluding tert-OH is 2.